The van der Waals surface area contributed by atoms with Crippen LogP contribution in [0.15, 0.2) is 29.2 Å². The molecule has 20 heavy (non-hydrogen) atoms. The number of carbonyl (C=O) groups excluding carboxylic acids is 1. The SMILES string of the molecule is COCC(C)OCC(O)CSc1ccc(C(C)=O)cc1. The summed E-state index contributed by atoms with van der Waals surface area (Å²) >= 11 is 1.54. The molecule has 0 radical (unpaired) electrons. The van der Waals surface area contributed by atoms with Gasteiger partial charge >= 0.3 is 0 Å². The first kappa shape index (κ1) is 17.2. The molecule has 4 nitrogen and oxygen atoms in total. The fourth-order valence-electron chi connectivity index (χ4n) is 1.58. The predicted octanol–water partition coefficient (Wildman–Crippen LogP) is 2.39. The van der Waals surface area contributed by atoms with Crippen LogP contribution in [0.25, 0.3) is 0 Å². The first-order valence-electron chi connectivity index (χ1n) is 6.55. The van der Waals surface area contributed by atoms with E-state index in [1.54, 1.807) is 37.9 Å². The van der Waals surface area contributed by atoms with E-state index in [0.717, 1.165) is 4.90 Å². The van der Waals surface area contributed by atoms with Crippen molar-refractivity contribution in [1.29, 1.82) is 0 Å². The molecular formula is C15H22O4S. The second-order valence-electron chi connectivity index (χ2n) is 4.64. The number of Topliss-reactive ketones (excluding diaryl/α,β-unsaturated/α-hetero) is 1. The van der Waals surface area contributed by atoms with E-state index in [9.17, 15) is 9.90 Å². The lowest BCUT2D eigenvalue weighted by Gasteiger charge is -2.15. The molecule has 1 N–H and O–H groups in total. The molecule has 2 unspecified atom stereocenters. The van der Waals surface area contributed by atoms with E-state index in [-0.39, 0.29) is 11.9 Å². The Hall–Kier alpha value is -0.880. The number of ether oxygens (including phenoxy) is 2. The molecule has 112 valence electrons. The number of benzene rings is 1. The molecule has 0 aliphatic carbocycles. The third-order valence-corrected chi connectivity index (χ3v) is 3.83. The number of ketones is 1. The lowest BCUT2D eigenvalue weighted by atomic mass is 10.2. The first-order valence-corrected chi connectivity index (χ1v) is 7.54. The van der Waals surface area contributed by atoms with Crippen LogP contribution in [0.4, 0.5) is 0 Å². The van der Waals surface area contributed by atoms with Gasteiger partial charge in [-0.15, -0.1) is 11.8 Å². The lowest BCUT2D eigenvalue weighted by molar-refractivity contribution is -0.0257. The maximum Gasteiger partial charge on any atom is 0.159 e. The zero-order valence-corrected chi connectivity index (χ0v) is 13.0. The Morgan fingerprint density at radius 2 is 1.95 bits per heavy atom. The summed E-state index contributed by atoms with van der Waals surface area (Å²) in [4.78, 5) is 12.2. The van der Waals surface area contributed by atoms with Gasteiger partial charge in [-0.2, -0.15) is 0 Å². The molecule has 0 aliphatic heterocycles. The Morgan fingerprint density at radius 3 is 2.50 bits per heavy atom. The molecule has 2 atom stereocenters. The normalized spacial score (nSPS) is 14.0. The van der Waals surface area contributed by atoms with Crippen molar-refractivity contribution in [3.05, 3.63) is 29.8 Å². The standard InChI is InChI=1S/C15H22O4S/c1-11(8-18-3)19-9-14(17)10-20-15-6-4-13(5-7-15)12(2)16/h4-7,11,14,17H,8-10H2,1-3H3. The molecule has 0 aliphatic rings. The molecule has 0 saturated heterocycles. The van der Waals surface area contributed by atoms with E-state index in [0.29, 0.717) is 24.5 Å². The number of thioether (sulfide) groups is 1. The second-order valence-corrected chi connectivity index (χ2v) is 5.74. The van der Waals surface area contributed by atoms with Crippen LogP contribution in [-0.4, -0.2) is 49.2 Å². The van der Waals surface area contributed by atoms with Crippen molar-refractivity contribution in [3.63, 3.8) is 0 Å². The Kier molecular flexibility index (Phi) is 7.84. The van der Waals surface area contributed by atoms with Gasteiger partial charge in [0, 0.05) is 23.3 Å². The van der Waals surface area contributed by atoms with Crippen molar-refractivity contribution in [2.75, 3.05) is 26.1 Å². The van der Waals surface area contributed by atoms with Crippen LogP contribution in [0, 0.1) is 0 Å². The fraction of sp³-hybridized carbons (Fsp3) is 0.533. The number of aliphatic hydroxyl groups is 1. The Bertz CT molecular complexity index is 405. The molecule has 5 heteroatoms. The van der Waals surface area contributed by atoms with Crippen LogP contribution >= 0.6 is 11.8 Å². The number of aliphatic hydroxyl groups excluding tert-OH is 1. The summed E-state index contributed by atoms with van der Waals surface area (Å²) in [6, 6.07) is 7.38. The first-order chi connectivity index (χ1) is 9.52. The lowest BCUT2D eigenvalue weighted by Crippen LogP contribution is -2.24. The maximum atomic E-state index is 11.2. The molecule has 0 amide bonds. The van der Waals surface area contributed by atoms with Crippen LogP contribution in [0.1, 0.15) is 24.2 Å². The summed E-state index contributed by atoms with van der Waals surface area (Å²) in [5, 5.41) is 9.83. The minimum Gasteiger partial charge on any atom is -0.390 e. The molecule has 1 rings (SSSR count). The van der Waals surface area contributed by atoms with Crippen molar-refractivity contribution in [2.45, 2.75) is 31.0 Å². The monoisotopic (exact) mass is 298 g/mol. The minimum absolute atomic E-state index is 0.0190. The van der Waals surface area contributed by atoms with Crippen LogP contribution in [0.3, 0.4) is 0 Å². The molecule has 0 saturated carbocycles. The molecule has 1 aromatic rings. The zero-order valence-electron chi connectivity index (χ0n) is 12.2. The summed E-state index contributed by atoms with van der Waals surface area (Å²) in [7, 11) is 1.62. The predicted molar refractivity (Wildman–Crippen MR) is 80.5 cm³/mol. The summed E-state index contributed by atoms with van der Waals surface area (Å²) < 4.78 is 10.4. The van der Waals surface area contributed by atoms with E-state index in [4.69, 9.17) is 9.47 Å². The molecule has 0 bridgehead atoms. The van der Waals surface area contributed by atoms with Crippen molar-refractivity contribution in [1.82, 2.24) is 0 Å². The summed E-state index contributed by atoms with van der Waals surface area (Å²) in [6.07, 6.45) is -0.540. The van der Waals surface area contributed by atoms with Crippen LogP contribution in [-0.2, 0) is 9.47 Å². The quantitative estimate of drug-likeness (QED) is 0.560. The summed E-state index contributed by atoms with van der Waals surface area (Å²) in [6.45, 7) is 4.27. The van der Waals surface area contributed by atoms with Gasteiger partial charge in [0.15, 0.2) is 5.78 Å². The minimum atomic E-state index is -0.521. The van der Waals surface area contributed by atoms with Crippen molar-refractivity contribution < 1.29 is 19.4 Å². The van der Waals surface area contributed by atoms with Gasteiger partial charge in [-0.05, 0) is 26.0 Å². The molecule has 0 spiro atoms. The maximum absolute atomic E-state index is 11.2. The number of carbonyl (C=O) groups is 1. The Balaban J connectivity index is 2.30. The van der Waals surface area contributed by atoms with Crippen LogP contribution < -0.4 is 0 Å². The van der Waals surface area contributed by atoms with E-state index in [1.807, 2.05) is 19.1 Å². The van der Waals surface area contributed by atoms with Gasteiger partial charge in [0.2, 0.25) is 0 Å². The highest BCUT2D eigenvalue weighted by Gasteiger charge is 2.09. The highest BCUT2D eigenvalue weighted by molar-refractivity contribution is 7.99. The van der Waals surface area contributed by atoms with E-state index >= 15 is 0 Å². The van der Waals surface area contributed by atoms with Gasteiger partial charge in [-0.1, -0.05) is 12.1 Å². The Labute approximate surface area is 124 Å². The second kappa shape index (κ2) is 9.13. The molecule has 1 aromatic carbocycles. The van der Waals surface area contributed by atoms with E-state index in [2.05, 4.69) is 0 Å². The van der Waals surface area contributed by atoms with Crippen molar-refractivity contribution >= 4 is 17.5 Å². The smallest absolute Gasteiger partial charge is 0.159 e. The van der Waals surface area contributed by atoms with Crippen molar-refractivity contribution in [3.8, 4) is 0 Å². The number of hydrogen-bond acceptors (Lipinski definition) is 5. The highest BCUT2D eigenvalue weighted by Crippen LogP contribution is 2.19. The molecule has 0 aromatic heterocycles. The van der Waals surface area contributed by atoms with Crippen molar-refractivity contribution in [2.24, 2.45) is 0 Å². The Morgan fingerprint density at radius 1 is 1.30 bits per heavy atom. The largest absolute Gasteiger partial charge is 0.390 e. The van der Waals surface area contributed by atoms with Gasteiger partial charge < -0.3 is 14.6 Å². The van der Waals surface area contributed by atoms with Gasteiger partial charge in [0.25, 0.3) is 0 Å². The highest BCUT2D eigenvalue weighted by atomic mass is 32.2. The van der Waals surface area contributed by atoms with Gasteiger partial charge in [0.1, 0.15) is 0 Å². The van der Waals surface area contributed by atoms with Gasteiger partial charge in [0.05, 0.1) is 25.4 Å². The molecule has 0 fully saturated rings. The topological polar surface area (TPSA) is 55.8 Å². The fourth-order valence-corrected chi connectivity index (χ4v) is 2.39. The average molecular weight is 298 g/mol. The third-order valence-electron chi connectivity index (χ3n) is 2.68. The summed E-state index contributed by atoms with van der Waals surface area (Å²) in [5.74, 6) is 0.612. The van der Waals surface area contributed by atoms with E-state index < -0.39 is 6.10 Å². The molecule has 0 heterocycles. The third kappa shape index (κ3) is 6.52. The molecular weight excluding hydrogens is 276 g/mol. The van der Waals surface area contributed by atoms with Gasteiger partial charge in [-0.25, -0.2) is 0 Å². The summed E-state index contributed by atoms with van der Waals surface area (Å²) in [5.41, 5.74) is 0.701. The van der Waals surface area contributed by atoms with Crippen LogP contribution in [0.5, 0.6) is 0 Å². The number of hydrogen-bond donors (Lipinski definition) is 1. The van der Waals surface area contributed by atoms with Crippen LogP contribution in [0.2, 0.25) is 0 Å². The number of methoxy groups -OCH3 is 1. The van der Waals surface area contributed by atoms with E-state index in [1.165, 1.54) is 0 Å². The van der Waals surface area contributed by atoms with Gasteiger partial charge in [-0.3, -0.25) is 4.79 Å². The zero-order chi connectivity index (χ0) is 15.0. The average Bonchev–Trinajstić information content (AvgIpc) is 2.43. The number of rotatable bonds is 9.